The fourth-order valence-corrected chi connectivity index (χ4v) is 5.56. The Labute approximate surface area is 204 Å². The summed E-state index contributed by atoms with van der Waals surface area (Å²) in [6, 6.07) is 0. The Kier molecular flexibility index (Phi) is 9.98. The van der Waals surface area contributed by atoms with Gasteiger partial charge >= 0.3 is 17.9 Å². The molecular formula is C22H37N5O8. The zero-order valence-corrected chi connectivity index (χ0v) is 20.0. The van der Waals surface area contributed by atoms with Gasteiger partial charge in [-0.15, -0.1) is 0 Å². The first-order chi connectivity index (χ1) is 16.4. The Bertz CT molecular complexity index is 750. The van der Waals surface area contributed by atoms with Crippen LogP contribution in [0.3, 0.4) is 0 Å². The first kappa shape index (κ1) is 28.5. The first-order valence-corrected chi connectivity index (χ1v) is 11.9. The summed E-state index contributed by atoms with van der Waals surface area (Å²) >= 11 is 0. The minimum Gasteiger partial charge on any atom is -0.480 e. The van der Waals surface area contributed by atoms with E-state index in [2.05, 4.69) is 0 Å². The van der Waals surface area contributed by atoms with Gasteiger partial charge in [0.2, 0.25) is 11.8 Å². The maximum atomic E-state index is 12.3. The maximum absolute atomic E-state index is 12.3. The Morgan fingerprint density at radius 3 is 1.14 bits per heavy atom. The molecule has 2 saturated carbocycles. The van der Waals surface area contributed by atoms with Crippen molar-refractivity contribution in [3.05, 3.63) is 0 Å². The molecule has 2 fully saturated rings. The number of primary amides is 2. The number of carboxylic acids is 3. The van der Waals surface area contributed by atoms with Crippen LogP contribution in [0.4, 0.5) is 0 Å². The van der Waals surface area contributed by atoms with Crippen molar-refractivity contribution >= 4 is 29.7 Å². The Hall–Kier alpha value is -2.77. The summed E-state index contributed by atoms with van der Waals surface area (Å²) in [6.45, 7) is -0.822. The molecule has 0 atom stereocenters. The van der Waals surface area contributed by atoms with Crippen LogP contribution >= 0.6 is 0 Å². The number of amides is 2. The van der Waals surface area contributed by atoms with Crippen molar-refractivity contribution in [1.29, 1.82) is 0 Å². The predicted octanol–water partition coefficient (Wildman–Crippen LogP) is -1.26. The summed E-state index contributed by atoms with van der Waals surface area (Å²) in [5, 5.41) is 28.2. The Morgan fingerprint density at radius 2 is 0.886 bits per heavy atom. The molecule has 7 N–H and O–H groups in total. The molecule has 0 radical (unpaired) electrons. The van der Waals surface area contributed by atoms with Crippen molar-refractivity contribution in [2.24, 2.45) is 11.5 Å². The summed E-state index contributed by atoms with van der Waals surface area (Å²) in [4.78, 5) is 63.7. The largest absolute Gasteiger partial charge is 0.480 e. The van der Waals surface area contributed by atoms with E-state index in [-0.39, 0.29) is 32.7 Å². The van der Waals surface area contributed by atoms with Gasteiger partial charge in [0.15, 0.2) is 0 Å². The number of carbonyl (C=O) groups is 5. The quantitative estimate of drug-likeness (QED) is 0.169. The van der Waals surface area contributed by atoms with E-state index in [1.165, 1.54) is 9.80 Å². The third-order valence-corrected chi connectivity index (χ3v) is 7.37. The number of carbonyl (C=O) groups excluding carboxylic acids is 2. The lowest BCUT2D eigenvalue weighted by Gasteiger charge is -2.40. The minimum absolute atomic E-state index is 0.0857. The molecular weight excluding hydrogens is 462 g/mol. The number of hydrogen-bond acceptors (Lipinski definition) is 8. The fraction of sp³-hybridized carbons (Fsp3) is 0.773. The van der Waals surface area contributed by atoms with Crippen LogP contribution in [-0.4, -0.2) is 117 Å². The third kappa shape index (κ3) is 7.12. The van der Waals surface area contributed by atoms with Gasteiger partial charge in [-0.05, 0) is 25.7 Å². The van der Waals surface area contributed by atoms with Gasteiger partial charge in [0.1, 0.15) is 11.1 Å². The van der Waals surface area contributed by atoms with Gasteiger partial charge in [0.05, 0.1) is 19.6 Å². The van der Waals surface area contributed by atoms with Gasteiger partial charge in [-0.2, -0.15) is 0 Å². The molecule has 0 aromatic carbocycles. The van der Waals surface area contributed by atoms with Crippen LogP contribution in [0.5, 0.6) is 0 Å². The predicted molar refractivity (Wildman–Crippen MR) is 123 cm³/mol. The highest BCUT2D eigenvalue weighted by Gasteiger charge is 2.46. The van der Waals surface area contributed by atoms with E-state index in [9.17, 15) is 39.3 Å². The van der Waals surface area contributed by atoms with E-state index in [0.29, 0.717) is 25.7 Å². The topological polar surface area (TPSA) is 208 Å². The van der Waals surface area contributed by atoms with Gasteiger partial charge in [-0.1, -0.05) is 25.7 Å². The Balaban J connectivity index is 2.18. The molecule has 0 aromatic rings. The van der Waals surface area contributed by atoms with Gasteiger partial charge in [0.25, 0.3) is 0 Å². The second kappa shape index (κ2) is 12.3. The summed E-state index contributed by atoms with van der Waals surface area (Å²) in [5.74, 6) is -4.56. The van der Waals surface area contributed by atoms with Crippen molar-refractivity contribution in [3.8, 4) is 0 Å². The van der Waals surface area contributed by atoms with Gasteiger partial charge in [0, 0.05) is 26.2 Å². The summed E-state index contributed by atoms with van der Waals surface area (Å²) in [7, 11) is 0. The molecule has 2 aliphatic carbocycles. The van der Waals surface area contributed by atoms with Crippen molar-refractivity contribution in [3.63, 3.8) is 0 Å². The van der Waals surface area contributed by atoms with Gasteiger partial charge in [-0.25, -0.2) is 0 Å². The number of nitrogens with zero attached hydrogens (tertiary/aromatic N) is 3. The molecule has 198 valence electrons. The lowest BCUT2D eigenvalue weighted by Crippen LogP contribution is -2.60. The van der Waals surface area contributed by atoms with Crippen LogP contribution in [0.15, 0.2) is 0 Å². The smallest absolute Gasteiger partial charge is 0.317 e. The number of aliphatic carboxylic acids is 3. The van der Waals surface area contributed by atoms with Crippen molar-refractivity contribution in [2.75, 3.05) is 45.8 Å². The van der Waals surface area contributed by atoms with Crippen LogP contribution in [0.25, 0.3) is 0 Å². The lowest BCUT2D eigenvalue weighted by molar-refractivity contribution is -0.144. The molecule has 13 nitrogen and oxygen atoms in total. The summed E-state index contributed by atoms with van der Waals surface area (Å²) in [6.07, 6.45) is 4.66. The molecule has 2 amide bonds. The van der Waals surface area contributed by atoms with Gasteiger partial charge in [-0.3, -0.25) is 38.7 Å². The van der Waals surface area contributed by atoms with Crippen LogP contribution < -0.4 is 11.5 Å². The third-order valence-electron chi connectivity index (χ3n) is 7.37. The van der Waals surface area contributed by atoms with Crippen molar-refractivity contribution in [1.82, 2.24) is 14.7 Å². The first-order valence-electron chi connectivity index (χ1n) is 11.9. The van der Waals surface area contributed by atoms with Gasteiger partial charge < -0.3 is 26.8 Å². The van der Waals surface area contributed by atoms with E-state index in [1.807, 2.05) is 0 Å². The number of carboxylic acid groups (broad SMARTS) is 3. The summed E-state index contributed by atoms with van der Waals surface area (Å²) < 4.78 is 0. The van der Waals surface area contributed by atoms with E-state index < -0.39 is 53.9 Å². The van der Waals surface area contributed by atoms with Crippen molar-refractivity contribution in [2.45, 2.75) is 62.4 Å². The molecule has 0 saturated heterocycles. The normalized spacial score (nSPS) is 18.8. The van der Waals surface area contributed by atoms with Crippen LogP contribution in [0.1, 0.15) is 51.4 Å². The molecule has 0 aromatic heterocycles. The summed E-state index contributed by atoms with van der Waals surface area (Å²) in [5.41, 5.74) is 9.14. The van der Waals surface area contributed by atoms with E-state index in [4.69, 9.17) is 11.5 Å². The maximum Gasteiger partial charge on any atom is 0.317 e. The van der Waals surface area contributed by atoms with E-state index in [0.717, 1.165) is 25.7 Å². The highest BCUT2D eigenvalue weighted by Crippen LogP contribution is 2.36. The molecule has 0 bridgehead atoms. The molecule has 0 unspecified atom stereocenters. The standard InChI is InChI=1S/C22H37N5O8/c23-19(34)21(5-1-2-6-21)26(14-17(30)31)11-9-25(13-16(28)29)10-12-27(15-18(32)33)22(20(24)35)7-3-4-8-22/h1-15H2,(H2,23,34)(H2,24,35)(H,28,29)(H,30,31)(H,32,33). The molecule has 0 heterocycles. The van der Waals surface area contributed by atoms with Crippen LogP contribution in [-0.2, 0) is 24.0 Å². The van der Waals surface area contributed by atoms with Crippen LogP contribution in [0.2, 0.25) is 0 Å². The molecule has 2 aliphatic rings. The SMILES string of the molecule is NC(=O)C1(N(CCN(CCN(CC(=O)O)C2(C(N)=O)CCCC2)CC(=O)O)CC(=O)O)CCCC1. The number of hydrogen-bond donors (Lipinski definition) is 5. The average molecular weight is 500 g/mol. The zero-order valence-electron chi connectivity index (χ0n) is 20.0. The fourth-order valence-electron chi connectivity index (χ4n) is 5.56. The lowest BCUT2D eigenvalue weighted by atomic mass is 9.93. The second-order valence-electron chi connectivity index (χ2n) is 9.51. The molecule has 2 rings (SSSR count). The highest BCUT2D eigenvalue weighted by molar-refractivity contribution is 5.86. The molecule has 0 aliphatic heterocycles. The van der Waals surface area contributed by atoms with E-state index in [1.54, 1.807) is 4.90 Å². The molecule has 13 heteroatoms. The molecule has 35 heavy (non-hydrogen) atoms. The second-order valence-corrected chi connectivity index (χ2v) is 9.51. The monoisotopic (exact) mass is 499 g/mol. The molecule has 0 spiro atoms. The number of rotatable bonds is 16. The zero-order chi connectivity index (χ0) is 26.2. The minimum atomic E-state index is -1.13. The Morgan fingerprint density at radius 1 is 0.571 bits per heavy atom. The number of nitrogens with two attached hydrogens (primary N) is 2. The van der Waals surface area contributed by atoms with Crippen LogP contribution in [0, 0.1) is 0 Å². The van der Waals surface area contributed by atoms with Crippen molar-refractivity contribution < 1.29 is 39.3 Å². The average Bonchev–Trinajstić information content (AvgIpc) is 3.44. The van der Waals surface area contributed by atoms with E-state index >= 15 is 0 Å². The highest BCUT2D eigenvalue weighted by atomic mass is 16.4.